The summed E-state index contributed by atoms with van der Waals surface area (Å²) in [4.78, 5) is 14.1. The van der Waals surface area contributed by atoms with Crippen LogP contribution in [0.1, 0.15) is 35.8 Å². The van der Waals surface area contributed by atoms with Gasteiger partial charge >= 0.3 is 0 Å². The molecule has 0 spiro atoms. The van der Waals surface area contributed by atoms with Gasteiger partial charge in [-0.2, -0.15) is 0 Å². The predicted molar refractivity (Wildman–Crippen MR) is 103 cm³/mol. The number of benzene rings is 2. The molecule has 2 aromatic rings. The Hall–Kier alpha value is -2.05. The monoisotopic (exact) mass is 387 g/mol. The Morgan fingerprint density at radius 3 is 2.74 bits per heavy atom. The smallest absolute Gasteiger partial charge is 0.232 e. The quantitative estimate of drug-likeness (QED) is 0.767. The maximum Gasteiger partial charge on any atom is 0.232 e. The first-order valence-electron chi connectivity index (χ1n) is 9.21. The lowest BCUT2D eigenvalue weighted by Crippen LogP contribution is -2.29. The van der Waals surface area contributed by atoms with Crippen LogP contribution in [-0.2, 0) is 21.9 Å². The van der Waals surface area contributed by atoms with E-state index in [0.717, 1.165) is 37.1 Å². The van der Waals surface area contributed by atoms with Gasteiger partial charge in [0.15, 0.2) is 0 Å². The molecule has 4 nitrogen and oxygen atoms in total. The van der Waals surface area contributed by atoms with Gasteiger partial charge in [0.2, 0.25) is 12.2 Å². The van der Waals surface area contributed by atoms with Gasteiger partial charge in [0.05, 0.1) is 12.4 Å². The van der Waals surface area contributed by atoms with Crippen molar-refractivity contribution in [2.45, 2.75) is 31.5 Å². The Morgan fingerprint density at radius 2 is 1.96 bits per heavy atom. The van der Waals surface area contributed by atoms with Gasteiger partial charge in [0.25, 0.3) is 0 Å². The number of fused-ring (bicyclic) bond motifs is 1. The summed E-state index contributed by atoms with van der Waals surface area (Å²) in [6.07, 6.45) is 1.67. The first kappa shape index (κ1) is 18.3. The van der Waals surface area contributed by atoms with E-state index in [1.54, 1.807) is 0 Å². The number of ether oxygens (including phenoxy) is 2. The summed E-state index contributed by atoms with van der Waals surface area (Å²) >= 11 is 1.50. The van der Waals surface area contributed by atoms with E-state index < -0.39 is 6.29 Å². The van der Waals surface area contributed by atoms with Gasteiger partial charge in [-0.3, -0.25) is 4.79 Å². The number of hydrogen-bond acceptors (Lipinski definition) is 4. The second kappa shape index (κ2) is 8.31. The van der Waals surface area contributed by atoms with Crippen LogP contribution in [0.25, 0.3) is 0 Å². The highest BCUT2D eigenvalue weighted by atomic mass is 32.2. The minimum atomic E-state index is -0.501. The highest BCUT2D eigenvalue weighted by Gasteiger charge is 2.25. The van der Waals surface area contributed by atoms with Crippen LogP contribution in [0, 0.1) is 5.82 Å². The van der Waals surface area contributed by atoms with Crippen molar-refractivity contribution in [2.75, 3.05) is 18.8 Å². The van der Waals surface area contributed by atoms with E-state index in [9.17, 15) is 9.18 Å². The molecule has 2 aliphatic heterocycles. The third kappa shape index (κ3) is 4.28. The number of nitrogens with zero attached hydrogens (tertiary/aromatic N) is 1. The molecule has 1 saturated heterocycles. The summed E-state index contributed by atoms with van der Waals surface area (Å²) in [6.45, 7) is 2.01. The van der Waals surface area contributed by atoms with Crippen LogP contribution in [0.4, 0.5) is 4.39 Å². The zero-order valence-electron chi connectivity index (χ0n) is 15.0. The lowest BCUT2D eigenvalue weighted by atomic mass is 10.1. The SMILES string of the molecule is O=C(CSCc1cc(F)cc2c1O[C@H](c1ccccc1)OC2)N1CCCC1. The largest absolute Gasteiger partial charge is 0.460 e. The summed E-state index contributed by atoms with van der Waals surface area (Å²) in [5.41, 5.74) is 2.41. The van der Waals surface area contributed by atoms with Crippen molar-refractivity contribution in [1.29, 1.82) is 0 Å². The molecule has 0 saturated carbocycles. The third-order valence-electron chi connectivity index (χ3n) is 4.84. The molecule has 0 aliphatic carbocycles. The number of hydrogen-bond donors (Lipinski definition) is 0. The van der Waals surface area contributed by atoms with Crippen molar-refractivity contribution < 1.29 is 18.7 Å². The first-order valence-corrected chi connectivity index (χ1v) is 10.4. The Balaban J connectivity index is 1.45. The van der Waals surface area contributed by atoms with Crippen molar-refractivity contribution in [3.8, 4) is 5.75 Å². The highest BCUT2D eigenvalue weighted by molar-refractivity contribution is 7.99. The number of likely N-dealkylation sites (tertiary alicyclic amines) is 1. The van der Waals surface area contributed by atoms with E-state index in [4.69, 9.17) is 9.47 Å². The van der Waals surface area contributed by atoms with Gasteiger partial charge in [-0.1, -0.05) is 30.3 Å². The van der Waals surface area contributed by atoms with Gasteiger partial charge in [-0.15, -0.1) is 11.8 Å². The summed E-state index contributed by atoms with van der Waals surface area (Å²) in [6, 6.07) is 12.7. The van der Waals surface area contributed by atoms with E-state index >= 15 is 0 Å². The summed E-state index contributed by atoms with van der Waals surface area (Å²) in [7, 11) is 0. The zero-order valence-corrected chi connectivity index (χ0v) is 15.8. The average molecular weight is 387 g/mol. The second-order valence-corrected chi connectivity index (χ2v) is 7.79. The maximum atomic E-state index is 14.0. The molecular formula is C21H22FNO3S. The van der Waals surface area contributed by atoms with Gasteiger partial charge in [0, 0.05) is 35.5 Å². The van der Waals surface area contributed by atoms with E-state index in [1.807, 2.05) is 35.2 Å². The normalized spacial score (nSPS) is 18.9. The van der Waals surface area contributed by atoms with Crippen molar-refractivity contribution in [3.05, 3.63) is 65.0 Å². The highest BCUT2D eigenvalue weighted by Crippen LogP contribution is 2.38. The molecular weight excluding hydrogens is 365 g/mol. The third-order valence-corrected chi connectivity index (χ3v) is 5.80. The predicted octanol–water partition coefficient (Wildman–Crippen LogP) is 4.29. The molecule has 0 unspecified atom stereocenters. The fourth-order valence-corrected chi connectivity index (χ4v) is 4.36. The molecule has 1 amide bonds. The first-order chi connectivity index (χ1) is 13.2. The number of thioether (sulfide) groups is 1. The Morgan fingerprint density at radius 1 is 1.19 bits per heavy atom. The maximum absolute atomic E-state index is 14.0. The number of carbonyl (C=O) groups is 1. The molecule has 4 rings (SSSR count). The summed E-state index contributed by atoms with van der Waals surface area (Å²) in [5, 5.41) is 0. The van der Waals surface area contributed by atoms with Crippen molar-refractivity contribution in [2.24, 2.45) is 0 Å². The van der Waals surface area contributed by atoms with Crippen molar-refractivity contribution >= 4 is 17.7 Å². The van der Waals surface area contributed by atoms with E-state index in [2.05, 4.69) is 0 Å². The molecule has 2 aromatic carbocycles. The fourth-order valence-electron chi connectivity index (χ4n) is 3.46. The lowest BCUT2D eigenvalue weighted by molar-refractivity contribution is -0.127. The molecule has 0 N–H and O–H groups in total. The van der Waals surface area contributed by atoms with Crippen LogP contribution in [0.2, 0.25) is 0 Å². The molecule has 0 bridgehead atoms. The topological polar surface area (TPSA) is 38.8 Å². The molecule has 2 aliphatic rings. The number of carbonyl (C=O) groups excluding carboxylic acids is 1. The minimum Gasteiger partial charge on any atom is -0.460 e. The van der Waals surface area contributed by atoms with E-state index in [1.165, 1.54) is 23.9 Å². The van der Waals surface area contributed by atoms with Crippen LogP contribution >= 0.6 is 11.8 Å². The molecule has 6 heteroatoms. The molecule has 0 radical (unpaired) electrons. The Bertz CT molecular complexity index is 809. The minimum absolute atomic E-state index is 0.161. The number of amides is 1. The van der Waals surface area contributed by atoms with Crippen LogP contribution < -0.4 is 4.74 Å². The number of halogens is 1. The lowest BCUT2D eigenvalue weighted by Gasteiger charge is -2.28. The van der Waals surface area contributed by atoms with Gasteiger partial charge in [0.1, 0.15) is 11.6 Å². The summed E-state index contributed by atoms with van der Waals surface area (Å²) < 4.78 is 25.8. The van der Waals surface area contributed by atoms with E-state index in [0.29, 0.717) is 29.4 Å². The molecule has 0 aromatic heterocycles. The second-order valence-electron chi connectivity index (χ2n) is 6.81. The standard InChI is InChI=1S/C21H22FNO3S/c22-18-10-16-12-25-21(15-6-2-1-3-7-15)26-20(16)17(11-18)13-27-14-19(24)23-8-4-5-9-23/h1-3,6-7,10-11,21H,4-5,8-9,12-14H2/t21-/m1/s1. The van der Waals surface area contributed by atoms with Gasteiger partial charge in [-0.25, -0.2) is 4.39 Å². The Labute approximate surface area is 162 Å². The summed E-state index contributed by atoms with van der Waals surface area (Å²) in [5.74, 6) is 1.47. The number of rotatable bonds is 5. The molecule has 1 atom stereocenters. The average Bonchev–Trinajstić information content (AvgIpc) is 3.23. The van der Waals surface area contributed by atoms with E-state index in [-0.39, 0.29) is 11.7 Å². The fraction of sp³-hybridized carbons (Fsp3) is 0.381. The van der Waals surface area contributed by atoms with Gasteiger partial charge in [-0.05, 0) is 25.0 Å². The molecule has 1 fully saturated rings. The van der Waals surface area contributed by atoms with Gasteiger partial charge < -0.3 is 14.4 Å². The molecule has 2 heterocycles. The Kier molecular flexibility index (Phi) is 5.64. The zero-order chi connectivity index (χ0) is 18.6. The van der Waals surface area contributed by atoms with Crippen LogP contribution in [-0.4, -0.2) is 29.6 Å². The molecule has 142 valence electrons. The van der Waals surface area contributed by atoms with Crippen molar-refractivity contribution in [3.63, 3.8) is 0 Å². The van der Waals surface area contributed by atoms with Crippen molar-refractivity contribution in [1.82, 2.24) is 4.90 Å². The molecule has 27 heavy (non-hydrogen) atoms. The van der Waals surface area contributed by atoms with Crippen LogP contribution in [0.3, 0.4) is 0 Å². The van der Waals surface area contributed by atoms with Crippen LogP contribution in [0.15, 0.2) is 42.5 Å². The van der Waals surface area contributed by atoms with Crippen LogP contribution in [0.5, 0.6) is 5.75 Å².